The number of aromatic nitrogens is 4. The molecule has 46 heavy (non-hydrogen) atoms. The van der Waals surface area contributed by atoms with Crippen molar-refractivity contribution in [1.29, 1.82) is 0 Å². The fourth-order valence-corrected chi connectivity index (χ4v) is 6.32. The molecule has 0 amide bonds. The lowest BCUT2D eigenvalue weighted by Crippen LogP contribution is -2.44. The molecule has 0 aliphatic carbocycles. The van der Waals surface area contributed by atoms with Crippen LogP contribution in [-0.4, -0.2) is 91.9 Å². The smallest absolute Gasteiger partial charge is 0.407 e. The van der Waals surface area contributed by atoms with Crippen LogP contribution in [0.15, 0.2) is 36.7 Å². The summed E-state index contributed by atoms with van der Waals surface area (Å²) in [5, 5.41) is 25.0. The van der Waals surface area contributed by atoms with Gasteiger partial charge in [0, 0.05) is 0 Å². The molecule has 17 nitrogen and oxygen atoms in total. The lowest BCUT2D eigenvalue weighted by atomic mass is 9.96. The fourth-order valence-electron chi connectivity index (χ4n) is 4.72. The number of aliphatic hydroxyl groups is 2. The number of methoxy groups -OCH3 is 1. The highest BCUT2D eigenvalue weighted by Gasteiger charge is 2.54. The number of nitrogen functional groups attached to an aromatic ring is 1. The van der Waals surface area contributed by atoms with Crippen LogP contribution >= 0.6 is 7.75 Å². The molecule has 18 heteroatoms. The van der Waals surface area contributed by atoms with E-state index in [1.54, 1.807) is 51.1 Å². The molecule has 7 atom stereocenters. The van der Waals surface area contributed by atoms with Crippen molar-refractivity contribution < 1.29 is 52.4 Å². The number of carbonyl (C=O) groups is 2. The third kappa shape index (κ3) is 7.63. The first kappa shape index (κ1) is 35.2. The summed E-state index contributed by atoms with van der Waals surface area (Å²) in [5.41, 5.74) is 4.53. The normalized spacial score (nSPS) is 24.0. The second-order valence-corrected chi connectivity index (χ2v) is 12.6. The highest BCUT2D eigenvalue weighted by molar-refractivity contribution is 7.51. The van der Waals surface area contributed by atoms with E-state index in [2.05, 4.69) is 20.0 Å². The molecule has 2 aromatic heterocycles. The maximum absolute atomic E-state index is 14.3. The Labute approximate surface area is 264 Å². The molecule has 0 saturated carbocycles. The van der Waals surface area contributed by atoms with Gasteiger partial charge in [-0.1, -0.05) is 30.3 Å². The Morgan fingerprint density at radius 2 is 1.89 bits per heavy atom. The second-order valence-electron chi connectivity index (χ2n) is 10.9. The lowest BCUT2D eigenvalue weighted by Gasteiger charge is -2.28. The van der Waals surface area contributed by atoms with Crippen LogP contribution in [0, 0.1) is 0 Å². The van der Waals surface area contributed by atoms with Gasteiger partial charge >= 0.3 is 19.7 Å². The number of imidazole rings is 1. The van der Waals surface area contributed by atoms with Gasteiger partial charge in [-0.05, 0) is 40.2 Å². The SMILES string of the molecule is CCOC(=O)[C@@H](OP(=O)(N[C@@H](C)C(=O)OC(C)C)OC[C@H]1O[C@@H](n2cnc3c(OC)nc(N)nc32)[C@](C)(O)[C@@H]1O)c1ccccc1. The maximum atomic E-state index is 14.3. The average Bonchev–Trinajstić information content (AvgIpc) is 3.51. The number of nitrogens with zero attached hydrogens (tertiary/aromatic N) is 4. The molecular weight excluding hydrogens is 627 g/mol. The van der Waals surface area contributed by atoms with E-state index in [4.69, 9.17) is 33.7 Å². The summed E-state index contributed by atoms with van der Waals surface area (Å²) in [6.07, 6.45) is -4.91. The predicted octanol–water partition coefficient (Wildman–Crippen LogP) is 1.80. The predicted molar refractivity (Wildman–Crippen MR) is 161 cm³/mol. The molecule has 1 saturated heterocycles. The van der Waals surface area contributed by atoms with Crippen LogP contribution in [0.25, 0.3) is 11.2 Å². The molecule has 0 radical (unpaired) electrons. The summed E-state index contributed by atoms with van der Waals surface area (Å²) in [4.78, 5) is 38.0. The third-order valence-corrected chi connectivity index (χ3v) is 8.60. The Hall–Kier alpha value is -3.70. The van der Waals surface area contributed by atoms with Gasteiger partial charge in [0.15, 0.2) is 23.5 Å². The molecule has 0 bridgehead atoms. The number of fused-ring (bicyclic) bond motifs is 1. The van der Waals surface area contributed by atoms with Gasteiger partial charge in [-0.15, -0.1) is 0 Å². The van der Waals surface area contributed by atoms with Crippen molar-refractivity contribution in [3.8, 4) is 5.88 Å². The third-order valence-electron chi connectivity index (χ3n) is 6.92. The Balaban J connectivity index is 1.63. The first-order valence-electron chi connectivity index (χ1n) is 14.4. The van der Waals surface area contributed by atoms with Crippen molar-refractivity contribution in [1.82, 2.24) is 24.6 Å². The minimum Gasteiger partial charge on any atom is -0.479 e. The topological polar surface area (TPSA) is 229 Å². The van der Waals surface area contributed by atoms with Crippen LogP contribution in [0.1, 0.15) is 52.5 Å². The van der Waals surface area contributed by atoms with Crippen LogP contribution in [0.4, 0.5) is 5.95 Å². The molecule has 1 unspecified atom stereocenters. The average molecular weight is 667 g/mol. The van der Waals surface area contributed by atoms with Crippen LogP contribution in [0.5, 0.6) is 5.88 Å². The van der Waals surface area contributed by atoms with Gasteiger partial charge in [0.1, 0.15) is 23.9 Å². The van der Waals surface area contributed by atoms with Gasteiger partial charge < -0.3 is 34.9 Å². The van der Waals surface area contributed by atoms with Crippen molar-refractivity contribution in [2.75, 3.05) is 26.1 Å². The summed E-state index contributed by atoms with van der Waals surface area (Å²) in [6, 6.07) is 6.90. The molecular formula is C28H39N6O11P. The Bertz CT molecular complexity index is 1570. The fraction of sp³-hybridized carbons (Fsp3) is 0.536. The van der Waals surface area contributed by atoms with E-state index < -0.39 is 68.6 Å². The number of aliphatic hydroxyl groups excluding tert-OH is 1. The zero-order valence-corrected chi connectivity index (χ0v) is 27.1. The number of nitrogens with one attached hydrogen (secondary N) is 1. The molecule has 5 N–H and O–H groups in total. The van der Waals surface area contributed by atoms with E-state index in [1.165, 1.54) is 31.9 Å². The molecule has 1 aliphatic rings. The van der Waals surface area contributed by atoms with Crippen molar-refractivity contribution in [2.24, 2.45) is 0 Å². The summed E-state index contributed by atoms with van der Waals surface area (Å²) in [7, 11) is -3.25. The zero-order valence-electron chi connectivity index (χ0n) is 26.2. The Morgan fingerprint density at radius 3 is 2.52 bits per heavy atom. The highest BCUT2D eigenvalue weighted by Crippen LogP contribution is 2.50. The van der Waals surface area contributed by atoms with Crippen molar-refractivity contribution in [3.05, 3.63) is 42.2 Å². The Morgan fingerprint density at radius 1 is 1.20 bits per heavy atom. The van der Waals surface area contributed by atoms with Gasteiger partial charge in [0.25, 0.3) is 0 Å². The number of benzene rings is 1. The van der Waals surface area contributed by atoms with E-state index in [-0.39, 0.29) is 29.6 Å². The summed E-state index contributed by atoms with van der Waals surface area (Å²) in [6.45, 7) is 6.95. The largest absolute Gasteiger partial charge is 0.479 e. The zero-order chi connectivity index (χ0) is 33.8. The minimum absolute atomic E-state index is 0.00514. The maximum Gasteiger partial charge on any atom is 0.407 e. The van der Waals surface area contributed by atoms with E-state index in [9.17, 15) is 24.4 Å². The van der Waals surface area contributed by atoms with E-state index in [1.807, 2.05) is 0 Å². The number of carbonyl (C=O) groups excluding carboxylic acids is 2. The standard InChI is InChI=1S/C28H39N6O11P/c1-7-41-25(37)20(17-11-9-8-10-12-17)45-46(39,33-16(4)24(36)43-15(2)3)42-13-18-21(35)28(5,38)26(44-18)34-14-30-19-22(34)31-27(29)32-23(19)40-6/h8-12,14-16,18,20-21,26,35,38H,7,13H2,1-6H3,(H,33,39)(H2,29,31,32)/t16-,18+,20-,21+,26+,28+,46?/m0/s1. The van der Waals surface area contributed by atoms with Gasteiger partial charge in [-0.25, -0.2) is 19.4 Å². The number of hydrogen-bond acceptors (Lipinski definition) is 15. The number of anilines is 1. The molecule has 1 aromatic carbocycles. The lowest BCUT2D eigenvalue weighted by molar-refractivity contribution is -0.152. The van der Waals surface area contributed by atoms with Crippen molar-refractivity contribution >= 4 is 36.8 Å². The van der Waals surface area contributed by atoms with Crippen LogP contribution in [-0.2, 0) is 37.4 Å². The number of rotatable bonds is 14. The van der Waals surface area contributed by atoms with Gasteiger partial charge in [0.2, 0.25) is 11.8 Å². The summed E-state index contributed by atoms with van der Waals surface area (Å²) >= 11 is 0. The highest BCUT2D eigenvalue weighted by atomic mass is 31.2. The molecule has 1 aliphatic heterocycles. The van der Waals surface area contributed by atoms with E-state index in [0.29, 0.717) is 5.56 Å². The number of hydrogen-bond donors (Lipinski definition) is 4. The van der Waals surface area contributed by atoms with Crippen LogP contribution in [0.2, 0.25) is 0 Å². The molecule has 1 fully saturated rings. The van der Waals surface area contributed by atoms with Gasteiger partial charge in [0.05, 0.1) is 32.8 Å². The quantitative estimate of drug-likeness (QED) is 0.142. The minimum atomic E-state index is -4.63. The van der Waals surface area contributed by atoms with Crippen molar-refractivity contribution in [3.63, 3.8) is 0 Å². The second kappa shape index (κ2) is 14.4. The van der Waals surface area contributed by atoms with Gasteiger partial charge in [-0.2, -0.15) is 9.97 Å². The number of nitrogens with two attached hydrogens (primary N) is 1. The Kier molecular flexibility index (Phi) is 11.0. The van der Waals surface area contributed by atoms with E-state index >= 15 is 0 Å². The van der Waals surface area contributed by atoms with E-state index in [0.717, 1.165) is 0 Å². The van der Waals surface area contributed by atoms with Gasteiger partial charge in [-0.3, -0.25) is 18.4 Å². The molecule has 4 rings (SSSR count). The first-order valence-corrected chi connectivity index (χ1v) is 16.0. The van der Waals surface area contributed by atoms with Crippen LogP contribution < -0.4 is 15.6 Å². The summed E-state index contributed by atoms with van der Waals surface area (Å²) in [5.74, 6) is -1.67. The van der Waals surface area contributed by atoms with Crippen molar-refractivity contribution in [2.45, 2.75) is 76.9 Å². The van der Waals surface area contributed by atoms with Crippen LogP contribution in [0.3, 0.4) is 0 Å². The molecule has 3 aromatic rings. The number of esters is 2. The molecule has 3 heterocycles. The summed E-state index contributed by atoms with van der Waals surface area (Å²) < 4.78 is 48.7. The number of ether oxygens (including phenoxy) is 4. The monoisotopic (exact) mass is 666 g/mol. The molecule has 0 spiro atoms. The molecule has 252 valence electrons. The first-order chi connectivity index (χ1) is 21.7.